The number of aliphatic imine (C=N–C) groups is 4. The third-order valence-corrected chi connectivity index (χ3v) is 13.5. The summed E-state index contributed by atoms with van der Waals surface area (Å²) in [6.07, 6.45) is 14.5. The quantitative estimate of drug-likeness (QED) is 0.126. The minimum absolute atomic E-state index is 0. The normalized spacial score (nSPS) is 18.7. The van der Waals surface area contributed by atoms with Gasteiger partial charge in [-0.1, -0.05) is 132 Å². The number of benzene rings is 4. The van der Waals surface area contributed by atoms with Gasteiger partial charge in [0.05, 0.1) is 52.6 Å². The van der Waals surface area contributed by atoms with E-state index in [1.54, 1.807) is 77.6 Å². The van der Waals surface area contributed by atoms with Crippen molar-refractivity contribution in [2.24, 2.45) is 20.0 Å². The van der Waals surface area contributed by atoms with Crippen LogP contribution < -0.4 is 39.4 Å². The van der Waals surface area contributed by atoms with Crippen LogP contribution in [0.4, 0.5) is 0 Å². The van der Waals surface area contributed by atoms with E-state index in [-0.39, 0.29) is 102 Å². The van der Waals surface area contributed by atoms with E-state index in [9.17, 15) is 20.4 Å². The molecule has 74 heavy (non-hydrogen) atoms. The van der Waals surface area contributed by atoms with E-state index >= 15 is 0 Å². The molecule has 4 aromatic carbocycles. The van der Waals surface area contributed by atoms with E-state index in [0.29, 0.717) is 67.5 Å². The van der Waals surface area contributed by atoms with Crippen molar-refractivity contribution in [2.75, 3.05) is 28.4 Å². The van der Waals surface area contributed by atoms with Crippen LogP contribution in [0.3, 0.4) is 0 Å². The predicted octanol–water partition coefficient (Wildman–Crippen LogP) is 10.6. The van der Waals surface area contributed by atoms with Crippen molar-refractivity contribution >= 4 is 24.9 Å². The Balaban J connectivity index is 0.000000380. The van der Waals surface area contributed by atoms with Gasteiger partial charge in [0, 0.05) is 24.9 Å². The molecule has 14 heteroatoms. The van der Waals surface area contributed by atoms with E-state index < -0.39 is 0 Å². The second kappa shape index (κ2) is 26.6. The van der Waals surface area contributed by atoms with Crippen molar-refractivity contribution in [3.8, 4) is 46.0 Å². The van der Waals surface area contributed by atoms with Gasteiger partial charge in [-0.3, -0.25) is 20.0 Å². The third kappa shape index (κ3) is 16.5. The van der Waals surface area contributed by atoms with Gasteiger partial charge in [0.1, 0.15) is 23.0 Å². The second-order valence-electron chi connectivity index (χ2n) is 23.3. The maximum absolute atomic E-state index is 13.1. The van der Waals surface area contributed by atoms with Crippen LogP contribution in [0.5, 0.6) is 46.0 Å². The summed E-state index contributed by atoms with van der Waals surface area (Å²) in [5.74, 6) is 2.50. The van der Waals surface area contributed by atoms with Gasteiger partial charge in [-0.15, -0.1) is 0 Å². The minimum Gasteiger partial charge on any atom is -0.872 e. The maximum atomic E-state index is 13.1. The van der Waals surface area contributed by atoms with Crippen LogP contribution in [-0.4, -0.2) is 77.5 Å². The minimum atomic E-state index is -0.301. The van der Waals surface area contributed by atoms with Crippen LogP contribution in [0.1, 0.15) is 179 Å². The smallest absolute Gasteiger partial charge is 0.872 e. The number of hydrogen-bond acceptors (Lipinski definition) is 12. The van der Waals surface area contributed by atoms with Gasteiger partial charge < -0.3 is 39.4 Å². The van der Waals surface area contributed by atoms with Gasteiger partial charge in [-0.25, -0.2) is 0 Å². The van der Waals surface area contributed by atoms with Gasteiger partial charge in [0.25, 0.3) is 0 Å². The summed E-state index contributed by atoms with van der Waals surface area (Å²) < 4.78 is 21.8. The predicted molar refractivity (Wildman–Crippen MR) is 287 cm³/mol. The molecule has 2 aliphatic carbocycles. The molecule has 2 aliphatic rings. The van der Waals surface area contributed by atoms with Crippen molar-refractivity contribution in [3.63, 3.8) is 0 Å². The Labute approximate surface area is 463 Å². The van der Waals surface area contributed by atoms with Gasteiger partial charge in [0.15, 0.2) is 0 Å². The number of hydrogen-bond donors (Lipinski definition) is 0. The van der Waals surface area contributed by atoms with Crippen LogP contribution in [-0.2, 0) is 55.2 Å². The maximum Gasteiger partial charge on any atom is 2.00 e. The standard InChI is InChI=1S/2C30H42N2O4.2Co/c2*1-29(2,3)23-15-21(35-7)13-19(27(23)33)17-31-25-11-9-10-12-26(25)32-18-20-14-22(36-8)16-24(28(20)34)30(4,5)6;;/h2*13-18,25-26,33-34H,9-12H2,1-8H3;;/q;;2*+2/p-4/t2*25-,26-;;/m11../s1. The van der Waals surface area contributed by atoms with Gasteiger partial charge >= 0.3 is 33.6 Å². The van der Waals surface area contributed by atoms with Crippen LogP contribution >= 0.6 is 0 Å². The number of methoxy groups -OCH3 is 4. The molecular weight excluding hydrogens is 1020 g/mol. The zero-order valence-electron chi connectivity index (χ0n) is 46.6. The molecule has 0 amide bonds. The summed E-state index contributed by atoms with van der Waals surface area (Å²) >= 11 is 0. The van der Waals surface area contributed by atoms with E-state index in [0.717, 1.165) is 51.4 Å². The summed E-state index contributed by atoms with van der Waals surface area (Å²) in [5.41, 5.74) is 3.72. The Morgan fingerprint density at radius 2 is 0.527 bits per heavy atom. The molecule has 4 atom stereocenters. The largest absolute Gasteiger partial charge is 2.00 e. The SMILES string of the molecule is COc1cc(C=N[C@@H]2CCCC[C@H]2N=Cc2cc(OC)cc(C(C)(C)C)c2[O-])c([O-])c(C(C)(C)C)c1.COc1cc(C=N[C@@H]2CCCC[C@H]2N=Cc2cc(OC)cc(C(C)(C)C)c2[O-])c([O-])c(C(C)(C)C)c1.[Co+2].[Co+2]. The summed E-state index contributed by atoms with van der Waals surface area (Å²) in [7, 11) is 6.42. The molecule has 0 unspecified atom stereocenters. The first kappa shape index (κ1) is 63.3. The zero-order chi connectivity index (χ0) is 53.3. The van der Waals surface area contributed by atoms with Crippen LogP contribution in [0.15, 0.2) is 68.5 Å². The fourth-order valence-electron chi connectivity index (χ4n) is 9.16. The number of ether oxygens (including phenoxy) is 4. The average Bonchev–Trinajstić information content (AvgIpc) is 3.31. The molecule has 4 aromatic rings. The average molecular weight is 1100 g/mol. The van der Waals surface area contributed by atoms with E-state index in [4.69, 9.17) is 38.9 Å². The van der Waals surface area contributed by atoms with Crippen molar-refractivity contribution in [1.29, 1.82) is 0 Å². The van der Waals surface area contributed by atoms with Crippen molar-refractivity contribution < 1.29 is 72.9 Å². The van der Waals surface area contributed by atoms with Crippen LogP contribution in [0.2, 0.25) is 0 Å². The number of nitrogens with zero attached hydrogens (tertiary/aromatic N) is 4. The zero-order valence-corrected chi connectivity index (χ0v) is 48.7. The molecule has 12 nitrogen and oxygen atoms in total. The topological polar surface area (TPSA) is 179 Å². The summed E-state index contributed by atoms with van der Waals surface area (Å²) in [5, 5.41) is 52.5. The van der Waals surface area contributed by atoms with Crippen LogP contribution in [0.25, 0.3) is 0 Å². The van der Waals surface area contributed by atoms with Gasteiger partial charge in [-0.05, 0) is 140 Å². The first-order valence-corrected chi connectivity index (χ1v) is 25.4. The summed E-state index contributed by atoms with van der Waals surface area (Å²) in [6, 6.07) is 14.0. The molecule has 0 spiro atoms. The monoisotopic (exact) mass is 1100 g/mol. The molecular formula is C60H80Co2N4O8. The van der Waals surface area contributed by atoms with Crippen molar-refractivity contribution in [3.05, 3.63) is 93.0 Å². The van der Waals surface area contributed by atoms with E-state index in [1.165, 1.54) is 0 Å². The Hall–Kier alpha value is -5.03. The Morgan fingerprint density at radius 1 is 0.351 bits per heavy atom. The van der Waals surface area contributed by atoms with Crippen molar-refractivity contribution in [1.82, 2.24) is 0 Å². The molecule has 0 heterocycles. The molecule has 0 aromatic heterocycles. The molecule has 0 aliphatic heterocycles. The van der Waals surface area contributed by atoms with E-state index in [1.807, 2.05) is 107 Å². The Morgan fingerprint density at radius 3 is 0.676 bits per heavy atom. The Bertz CT molecular complexity index is 2260. The molecule has 2 saturated carbocycles. The van der Waals surface area contributed by atoms with Gasteiger partial charge in [0.2, 0.25) is 0 Å². The van der Waals surface area contributed by atoms with Crippen molar-refractivity contribution in [2.45, 2.75) is 180 Å². The molecule has 406 valence electrons. The van der Waals surface area contributed by atoms with Crippen LogP contribution in [0, 0.1) is 0 Å². The first-order chi connectivity index (χ1) is 33.7. The fraction of sp³-hybridized carbons (Fsp3) is 0.533. The second-order valence-corrected chi connectivity index (χ2v) is 23.3. The summed E-state index contributed by atoms with van der Waals surface area (Å²) in [6.45, 7) is 24.2. The fourth-order valence-corrected chi connectivity index (χ4v) is 9.16. The van der Waals surface area contributed by atoms with E-state index in [2.05, 4.69) is 0 Å². The van der Waals surface area contributed by atoms with Gasteiger partial charge in [-0.2, -0.15) is 0 Å². The molecule has 6 rings (SSSR count). The first-order valence-electron chi connectivity index (χ1n) is 25.4. The molecule has 0 N–H and O–H groups in total. The number of rotatable bonds is 12. The Kier molecular flexibility index (Phi) is 22.8. The molecule has 0 saturated heterocycles. The summed E-state index contributed by atoms with van der Waals surface area (Å²) in [4.78, 5) is 19.3. The molecule has 2 radical (unpaired) electrons. The molecule has 0 bridgehead atoms. The molecule has 2 fully saturated rings. The third-order valence-electron chi connectivity index (χ3n) is 13.5.